The largest absolute Gasteiger partial charge is 0.493 e. The summed E-state index contributed by atoms with van der Waals surface area (Å²) in [6.45, 7) is 4.58. The lowest BCUT2D eigenvalue weighted by molar-refractivity contribution is -0.138. The third-order valence-electron chi connectivity index (χ3n) is 3.87. The summed E-state index contributed by atoms with van der Waals surface area (Å²) in [5.41, 5.74) is 4.77. The Kier molecular flexibility index (Phi) is 4.47. The molecule has 0 saturated carbocycles. The van der Waals surface area contributed by atoms with Crippen molar-refractivity contribution in [1.29, 1.82) is 0 Å². The second kappa shape index (κ2) is 6.69. The van der Waals surface area contributed by atoms with Crippen molar-refractivity contribution in [2.45, 2.75) is 20.3 Å². The zero-order valence-corrected chi connectivity index (χ0v) is 13.5. The normalized spacial score (nSPS) is 18.9. The van der Waals surface area contributed by atoms with Crippen LogP contribution in [0.1, 0.15) is 20.3 Å². The van der Waals surface area contributed by atoms with Gasteiger partial charge in [0, 0.05) is 5.57 Å². The molecule has 0 aliphatic heterocycles. The highest BCUT2D eigenvalue weighted by atomic mass is 16.5. The van der Waals surface area contributed by atoms with Crippen molar-refractivity contribution < 1.29 is 14.3 Å². The van der Waals surface area contributed by atoms with Crippen LogP contribution in [0.5, 0.6) is 0 Å². The van der Waals surface area contributed by atoms with E-state index in [4.69, 9.17) is 9.47 Å². The van der Waals surface area contributed by atoms with Crippen LogP contribution in [-0.4, -0.2) is 19.2 Å². The number of hydrogen-bond acceptors (Lipinski definition) is 3. The van der Waals surface area contributed by atoms with E-state index in [1.807, 2.05) is 44.2 Å². The quantitative estimate of drug-likeness (QED) is 0.734. The molecule has 3 rings (SSSR count). The first-order valence-corrected chi connectivity index (χ1v) is 7.96. The van der Waals surface area contributed by atoms with E-state index in [0.717, 1.165) is 23.1 Å². The summed E-state index contributed by atoms with van der Waals surface area (Å²) in [5, 5.41) is 0. The molecule has 3 nitrogen and oxygen atoms in total. The first-order valence-electron chi connectivity index (χ1n) is 7.96. The van der Waals surface area contributed by atoms with Crippen molar-refractivity contribution in [3.63, 3.8) is 0 Å². The Morgan fingerprint density at radius 1 is 1.09 bits per heavy atom. The molecule has 0 N–H and O–H groups in total. The number of hydrogen-bond donors (Lipinski definition) is 0. The number of allylic oxidation sites excluding steroid dienone is 12. The molecule has 0 unspecified atom stereocenters. The summed E-state index contributed by atoms with van der Waals surface area (Å²) in [5.74, 6) is 0.275. The molecule has 3 heteroatoms. The van der Waals surface area contributed by atoms with E-state index in [2.05, 4.69) is 18.2 Å². The number of carbonyl (C=O) groups excluding carboxylic acids is 1. The highest BCUT2D eigenvalue weighted by molar-refractivity contribution is 5.98. The fourth-order valence-corrected chi connectivity index (χ4v) is 2.96. The average molecular weight is 308 g/mol. The van der Waals surface area contributed by atoms with Crippen LogP contribution in [0.3, 0.4) is 0 Å². The first-order chi connectivity index (χ1) is 11.2. The predicted octanol–water partition coefficient (Wildman–Crippen LogP) is 4.09. The van der Waals surface area contributed by atoms with Crippen molar-refractivity contribution in [1.82, 2.24) is 0 Å². The van der Waals surface area contributed by atoms with Gasteiger partial charge in [-0.2, -0.15) is 0 Å². The monoisotopic (exact) mass is 308 g/mol. The van der Waals surface area contributed by atoms with Crippen molar-refractivity contribution in [3.05, 3.63) is 82.2 Å². The number of carbonyl (C=O) groups is 1. The zero-order valence-electron chi connectivity index (χ0n) is 13.5. The van der Waals surface area contributed by atoms with Crippen LogP contribution in [0, 0.1) is 0 Å². The molecule has 0 aromatic carbocycles. The maximum atomic E-state index is 12.5. The molecule has 2 bridgehead atoms. The minimum Gasteiger partial charge on any atom is -0.493 e. The van der Waals surface area contributed by atoms with Crippen molar-refractivity contribution in [2.24, 2.45) is 0 Å². The molecule has 3 aliphatic rings. The van der Waals surface area contributed by atoms with Gasteiger partial charge in [-0.15, -0.1) is 0 Å². The summed E-state index contributed by atoms with van der Waals surface area (Å²) in [4.78, 5) is 12.5. The van der Waals surface area contributed by atoms with E-state index >= 15 is 0 Å². The van der Waals surface area contributed by atoms with Crippen LogP contribution in [0.4, 0.5) is 0 Å². The lowest BCUT2D eigenvalue weighted by Gasteiger charge is -2.15. The molecule has 3 aliphatic carbocycles. The van der Waals surface area contributed by atoms with Gasteiger partial charge in [-0.05, 0) is 43.1 Å². The van der Waals surface area contributed by atoms with E-state index in [1.54, 1.807) is 0 Å². The van der Waals surface area contributed by atoms with Gasteiger partial charge < -0.3 is 9.47 Å². The SMILES string of the molecule is CCOC(=O)C1=C2C(=CC=CC3=CC=CC=C2C3)C=C1OCC. The second-order valence-electron chi connectivity index (χ2n) is 5.39. The summed E-state index contributed by atoms with van der Waals surface area (Å²) in [7, 11) is 0. The molecule has 0 spiro atoms. The Hall–Kier alpha value is -2.55. The molecule has 118 valence electrons. The molecule has 0 fully saturated rings. The number of esters is 1. The van der Waals surface area contributed by atoms with E-state index in [9.17, 15) is 4.79 Å². The van der Waals surface area contributed by atoms with E-state index in [0.29, 0.717) is 24.5 Å². The third-order valence-corrected chi connectivity index (χ3v) is 3.87. The maximum Gasteiger partial charge on any atom is 0.342 e. The Morgan fingerprint density at radius 2 is 1.91 bits per heavy atom. The lowest BCUT2D eigenvalue weighted by Crippen LogP contribution is -2.12. The van der Waals surface area contributed by atoms with E-state index < -0.39 is 0 Å². The first kappa shape index (κ1) is 15.3. The smallest absolute Gasteiger partial charge is 0.342 e. The van der Waals surface area contributed by atoms with Crippen molar-refractivity contribution >= 4 is 5.97 Å². The minimum atomic E-state index is -0.324. The lowest BCUT2D eigenvalue weighted by atomic mass is 9.90. The molecule has 0 amide bonds. The summed E-state index contributed by atoms with van der Waals surface area (Å²) in [6, 6.07) is 0. The third kappa shape index (κ3) is 3.00. The number of ether oxygens (including phenoxy) is 2. The Balaban J connectivity index is 2.18. The van der Waals surface area contributed by atoms with E-state index in [1.165, 1.54) is 5.57 Å². The van der Waals surface area contributed by atoms with Crippen LogP contribution >= 0.6 is 0 Å². The van der Waals surface area contributed by atoms with E-state index in [-0.39, 0.29) is 5.97 Å². The molecule has 0 heterocycles. The molecular formula is C20H20O3. The molecule has 0 atom stereocenters. The number of fused-ring (bicyclic) bond motifs is 4. The summed E-state index contributed by atoms with van der Waals surface area (Å²) < 4.78 is 11.0. The minimum absolute atomic E-state index is 0.324. The predicted molar refractivity (Wildman–Crippen MR) is 90.5 cm³/mol. The number of rotatable bonds is 4. The van der Waals surface area contributed by atoms with Gasteiger partial charge in [-0.3, -0.25) is 0 Å². The highest BCUT2D eigenvalue weighted by Gasteiger charge is 2.31. The summed E-state index contributed by atoms with van der Waals surface area (Å²) >= 11 is 0. The van der Waals surface area contributed by atoms with Crippen LogP contribution in [0.25, 0.3) is 0 Å². The zero-order chi connectivity index (χ0) is 16.2. The van der Waals surface area contributed by atoms with Crippen LogP contribution < -0.4 is 0 Å². The van der Waals surface area contributed by atoms with Gasteiger partial charge >= 0.3 is 5.97 Å². The van der Waals surface area contributed by atoms with Gasteiger partial charge in [0.1, 0.15) is 11.3 Å². The fourth-order valence-electron chi connectivity index (χ4n) is 2.96. The molecule has 0 saturated heterocycles. The van der Waals surface area contributed by atoms with Gasteiger partial charge in [-0.25, -0.2) is 4.79 Å². The Labute approximate surface area is 136 Å². The van der Waals surface area contributed by atoms with Gasteiger partial charge in [0.15, 0.2) is 0 Å². The van der Waals surface area contributed by atoms with Gasteiger partial charge in [-0.1, -0.05) is 42.5 Å². The van der Waals surface area contributed by atoms with Crippen LogP contribution in [0.2, 0.25) is 0 Å². The van der Waals surface area contributed by atoms with Crippen LogP contribution in [-0.2, 0) is 14.3 Å². The maximum absolute atomic E-state index is 12.5. The summed E-state index contributed by atoms with van der Waals surface area (Å²) in [6.07, 6.45) is 17.0. The Bertz CT molecular complexity index is 737. The molecule has 23 heavy (non-hydrogen) atoms. The van der Waals surface area contributed by atoms with Crippen LogP contribution in [0.15, 0.2) is 82.2 Å². The standard InChI is InChI=1S/C20H20O3/c1-3-22-17-13-16-11-7-9-14-8-5-6-10-15(12-14)18(16)19(17)20(21)23-4-2/h5-11,13H,3-4,12H2,1-2H3. The van der Waals surface area contributed by atoms with Crippen molar-refractivity contribution in [2.75, 3.05) is 13.2 Å². The highest BCUT2D eigenvalue weighted by Crippen LogP contribution is 2.40. The van der Waals surface area contributed by atoms with Gasteiger partial charge in [0.25, 0.3) is 0 Å². The Morgan fingerprint density at radius 3 is 2.70 bits per heavy atom. The molecular weight excluding hydrogens is 288 g/mol. The second-order valence-corrected chi connectivity index (χ2v) is 5.39. The molecule has 0 aromatic rings. The average Bonchev–Trinajstić information content (AvgIpc) is 2.70. The van der Waals surface area contributed by atoms with Gasteiger partial charge in [0.2, 0.25) is 0 Å². The van der Waals surface area contributed by atoms with Gasteiger partial charge in [0.05, 0.1) is 13.2 Å². The topological polar surface area (TPSA) is 35.5 Å². The van der Waals surface area contributed by atoms with Crippen molar-refractivity contribution in [3.8, 4) is 0 Å². The molecule has 0 radical (unpaired) electrons. The molecule has 0 aromatic heterocycles. The fraction of sp³-hybridized carbons (Fsp3) is 0.250.